The maximum Gasteiger partial charge on any atom is 0.257 e. The Morgan fingerprint density at radius 2 is 1.92 bits per heavy atom. The summed E-state index contributed by atoms with van der Waals surface area (Å²) < 4.78 is 11.2. The second kappa shape index (κ2) is 8.98. The molecule has 5 nitrogen and oxygen atoms in total. The highest BCUT2D eigenvalue weighted by Crippen LogP contribution is 2.18. The molecule has 0 unspecified atom stereocenters. The molecule has 2 N–H and O–H groups in total. The highest BCUT2D eigenvalue weighted by molar-refractivity contribution is 7.80. The van der Waals surface area contributed by atoms with Crippen LogP contribution in [0.3, 0.4) is 0 Å². The molecule has 2 aromatic carbocycles. The van der Waals surface area contributed by atoms with Gasteiger partial charge in [0, 0.05) is 22.9 Å². The molecule has 0 bridgehead atoms. The molecule has 0 aliphatic carbocycles. The Balaban J connectivity index is 1.47. The summed E-state index contributed by atoms with van der Waals surface area (Å²) in [7, 11) is 0. The third-order valence-corrected chi connectivity index (χ3v) is 4.36. The number of anilines is 1. The van der Waals surface area contributed by atoms with Gasteiger partial charge in [0.15, 0.2) is 5.11 Å². The SMILES string of the molecule is O=C(NC(=S)Nc1ccc(OC[C@H]2CCCO2)cc1)c1ccc(Cl)cc1. The van der Waals surface area contributed by atoms with Gasteiger partial charge in [-0.15, -0.1) is 0 Å². The van der Waals surface area contributed by atoms with Gasteiger partial charge in [0.05, 0.1) is 6.10 Å². The number of halogens is 1. The van der Waals surface area contributed by atoms with E-state index in [1.165, 1.54) is 0 Å². The van der Waals surface area contributed by atoms with Crippen LogP contribution in [0.25, 0.3) is 0 Å². The first-order valence-electron chi connectivity index (χ1n) is 8.32. The molecule has 0 saturated carbocycles. The predicted molar refractivity (Wildman–Crippen MR) is 106 cm³/mol. The summed E-state index contributed by atoms with van der Waals surface area (Å²) in [5.74, 6) is 0.470. The van der Waals surface area contributed by atoms with Crippen molar-refractivity contribution in [3.05, 3.63) is 59.1 Å². The van der Waals surface area contributed by atoms with Crippen LogP contribution >= 0.6 is 23.8 Å². The fraction of sp³-hybridized carbons (Fsp3) is 0.263. The van der Waals surface area contributed by atoms with Crippen molar-refractivity contribution in [2.75, 3.05) is 18.5 Å². The van der Waals surface area contributed by atoms with E-state index in [2.05, 4.69) is 10.6 Å². The van der Waals surface area contributed by atoms with Crippen LogP contribution in [-0.2, 0) is 4.74 Å². The van der Waals surface area contributed by atoms with E-state index in [4.69, 9.17) is 33.3 Å². The van der Waals surface area contributed by atoms with E-state index in [1.807, 2.05) is 24.3 Å². The third kappa shape index (κ3) is 5.42. The Kier molecular flexibility index (Phi) is 6.44. The standard InChI is InChI=1S/C19H19ClN2O3S/c20-14-5-3-13(4-6-14)18(23)22-19(26)21-15-7-9-16(10-8-15)25-12-17-2-1-11-24-17/h3-10,17H,1-2,11-12H2,(H2,21,22,23,26)/t17-/m1/s1. The molecule has 1 saturated heterocycles. The van der Waals surface area contributed by atoms with Crippen molar-refractivity contribution in [2.45, 2.75) is 18.9 Å². The average molecular weight is 391 g/mol. The molecule has 0 radical (unpaired) electrons. The van der Waals surface area contributed by atoms with Crippen molar-refractivity contribution in [1.29, 1.82) is 0 Å². The van der Waals surface area contributed by atoms with Crippen molar-refractivity contribution < 1.29 is 14.3 Å². The van der Waals surface area contributed by atoms with Crippen LogP contribution in [0.15, 0.2) is 48.5 Å². The molecule has 1 aliphatic rings. The molecule has 1 amide bonds. The van der Waals surface area contributed by atoms with Gasteiger partial charge in [-0.05, 0) is 73.6 Å². The Labute approximate surface area is 162 Å². The summed E-state index contributed by atoms with van der Waals surface area (Å²) in [5, 5.41) is 6.40. The lowest BCUT2D eigenvalue weighted by Gasteiger charge is -2.13. The maximum atomic E-state index is 12.1. The summed E-state index contributed by atoms with van der Waals surface area (Å²) in [6.45, 7) is 1.37. The van der Waals surface area contributed by atoms with Crippen LogP contribution in [-0.4, -0.2) is 30.3 Å². The molecule has 3 rings (SSSR count). The molecule has 7 heteroatoms. The number of hydrogen-bond donors (Lipinski definition) is 2. The van der Waals surface area contributed by atoms with Crippen molar-refractivity contribution in [3.63, 3.8) is 0 Å². The normalized spacial score (nSPS) is 16.1. The number of nitrogens with one attached hydrogen (secondary N) is 2. The van der Waals surface area contributed by atoms with Gasteiger partial charge >= 0.3 is 0 Å². The van der Waals surface area contributed by atoms with Gasteiger partial charge in [0.1, 0.15) is 12.4 Å². The quantitative estimate of drug-likeness (QED) is 0.755. The van der Waals surface area contributed by atoms with E-state index in [-0.39, 0.29) is 17.1 Å². The lowest BCUT2D eigenvalue weighted by molar-refractivity contribution is 0.0679. The number of carbonyl (C=O) groups is 1. The zero-order chi connectivity index (χ0) is 18.4. The second-order valence-electron chi connectivity index (χ2n) is 5.89. The summed E-state index contributed by atoms with van der Waals surface area (Å²) >= 11 is 11.0. The molecule has 1 atom stereocenters. The molecule has 26 heavy (non-hydrogen) atoms. The van der Waals surface area contributed by atoms with E-state index >= 15 is 0 Å². The minimum absolute atomic E-state index is 0.184. The molecule has 1 fully saturated rings. The van der Waals surface area contributed by atoms with E-state index in [0.29, 0.717) is 17.2 Å². The number of hydrogen-bond acceptors (Lipinski definition) is 4. The zero-order valence-corrected chi connectivity index (χ0v) is 15.6. The average Bonchev–Trinajstić information content (AvgIpc) is 3.15. The number of thiocarbonyl (C=S) groups is 1. The molecular weight excluding hydrogens is 372 g/mol. The van der Waals surface area contributed by atoms with Crippen LogP contribution in [0, 0.1) is 0 Å². The molecule has 1 heterocycles. The number of carbonyl (C=O) groups excluding carboxylic acids is 1. The van der Waals surface area contributed by atoms with E-state index < -0.39 is 0 Å². The van der Waals surface area contributed by atoms with E-state index in [9.17, 15) is 4.79 Å². The van der Waals surface area contributed by atoms with Gasteiger partial charge in [-0.1, -0.05) is 11.6 Å². The molecule has 0 aromatic heterocycles. The summed E-state index contributed by atoms with van der Waals surface area (Å²) in [4.78, 5) is 12.1. The minimum Gasteiger partial charge on any atom is -0.491 e. The maximum absolute atomic E-state index is 12.1. The van der Waals surface area contributed by atoms with Crippen LogP contribution in [0.1, 0.15) is 23.2 Å². The van der Waals surface area contributed by atoms with Crippen molar-refractivity contribution in [2.24, 2.45) is 0 Å². The van der Waals surface area contributed by atoms with Crippen molar-refractivity contribution >= 4 is 40.5 Å². The van der Waals surface area contributed by atoms with Crippen LogP contribution in [0.2, 0.25) is 5.02 Å². The molecule has 136 valence electrons. The molecular formula is C19H19ClN2O3S. The van der Waals surface area contributed by atoms with Crippen molar-refractivity contribution in [1.82, 2.24) is 5.32 Å². The second-order valence-corrected chi connectivity index (χ2v) is 6.73. The first-order valence-corrected chi connectivity index (χ1v) is 9.11. The number of ether oxygens (including phenoxy) is 2. The van der Waals surface area contributed by atoms with Crippen molar-refractivity contribution in [3.8, 4) is 5.75 Å². The van der Waals surface area contributed by atoms with Gasteiger partial charge in [0.2, 0.25) is 0 Å². The summed E-state index contributed by atoms with van der Waals surface area (Å²) in [6.07, 6.45) is 2.32. The van der Waals surface area contributed by atoms with Gasteiger partial charge in [-0.2, -0.15) is 0 Å². The lowest BCUT2D eigenvalue weighted by Crippen LogP contribution is -2.34. The molecule has 2 aromatic rings. The molecule has 1 aliphatic heterocycles. The Morgan fingerprint density at radius 1 is 1.19 bits per heavy atom. The number of benzene rings is 2. The minimum atomic E-state index is -0.296. The highest BCUT2D eigenvalue weighted by Gasteiger charge is 2.16. The fourth-order valence-corrected chi connectivity index (χ4v) is 2.87. The molecule has 0 spiro atoms. The van der Waals surface area contributed by atoms with Gasteiger partial charge in [0.25, 0.3) is 5.91 Å². The predicted octanol–water partition coefficient (Wildman–Crippen LogP) is 4.02. The van der Waals surface area contributed by atoms with Gasteiger partial charge in [-0.25, -0.2) is 0 Å². The monoisotopic (exact) mass is 390 g/mol. The smallest absolute Gasteiger partial charge is 0.257 e. The first-order chi connectivity index (χ1) is 12.6. The van der Waals surface area contributed by atoms with Gasteiger partial charge < -0.3 is 14.8 Å². The zero-order valence-electron chi connectivity index (χ0n) is 14.0. The van der Waals surface area contributed by atoms with E-state index in [1.54, 1.807) is 24.3 Å². The highest BCUT2D eigenvalue weighted by atomic mass is 35.5. The van der Waals surface area contributed by atoms with Crippen LogP contribution in [0.5, 0.6) is 5.75 Å². The van der Waals surface area contributed by atoms with Crippen LogP contribution in [0.4, 0.5) is 5.69 Å². The topological polar surface area (TPSA) is 59.6 Å². The Hall–Kier alpha value is -2.15. The first kappa shape index (κ1) is 18.6. The fourth-order valence-electron chi connectivity index (χ4n) is 2.54. The van der Waals surface area contributed by atoms with Crippen LogP contribution < -0.4 is 15.4 Å². The summed E-state index contributed by atoms with van der Waals surface area (Å²) in [6, 6.07) is 14.0. The Bertz CT molecular complexity index is 759. The summed E-state index contributed by atoms with van der Waals surface area (Å²) in [5.41, 5.74) is 1.24. The van der Waals surface area contributed by atoms with Gasteiger partial charge in [-0.3, -0.25) is 10.1 Å². The largest absolute Gasteiger partial charge is 0.491 e. The Morgan fingerprint density at radius 3 is 2.58 bits per heavy atom. The third-order valence-electron chi connectivity index (χ3n) is 3.91. The van der Waals surface area contributed by atoms with E-state index in [0.717, 1.165) is 30.9 Å². The number of rotatable bonds is 5. The number of amides is 1. The lowest BCUT2D eigenvalue weighted by atomic mass is 10.2.